The van der Waals surface area contributed by atoms with Crippen LogP contribution in [0.4, 0.5) is 5.13 Å². The van der Waals surface area contributed by atoms with Crippen molar-refractivity contribution in [3.8, 4) is 0 Å². The van der Waals surface area contributed by atoms with Gasteiger partial charge in [0.2, 0.25) is 0 Å². The van der Waals surface area contributed by atoms with Crippen molar-refractivity contribution in [1.29, 1.82) is 0 Å². The third kappa shape index (κ3) is 4.94. The third-order valence-electron chi connectivity index (χ3n) is 5.62. The standard InChI is InChI=1S/C22H28N4O4S/c1-12-8-26(9-13(2)30-12)10-14-11-31-21(23-14)25-20(29)16-5-15-17(24-19(16)28)6-22(3,4)7-18(15)27/h5,11-13H,6-10H2,1-4H3,(H,24,28)(H,23,25,29). The fourth-order valence-corrected chi connectivity index (χ4v) is 5.14. The topological polar surface area (TPSA) is 104 Å². The Kier molecular flexibility index (Phi) is 5.85. The van der Waals surface area contributed by atoms with Gasteiger partial charge in [0.1, 0.15) is 5.56 Å². The lowest BCUT2D eigenvalue weighted by Crippen LogP contribution is -2.44. The molecular weight excluding hydrogens is 416 g/mol. The van der Waals surface area contributed by atoms with Gasteiger partial charge in [-0.25, -0.2) is 4.98 Å². The number of Topliss-reactive ketones (excluding diaryl/α,β-unsaturated/α-hetero) is 1. The second-order valence-corrected chi connectivity index (χ2v) is 10.3. The molecule has 0 bridgehead atoms. The Bertz CT molecular complexity index is 1060. The number of aromatic nitrogens is 2. The van der Waals surface area contributed by atoms with Gasteiger partial charge >= 0.3 is 0 Å². The fraction of sp³-hybridized carbons (Fsp3) is 0.545. The van der Waals surface area contributed by atoms with Crippen molar-refractivity contribution in [2.45, 2.75) is 59.3 Å². The molecule has 0 saturated carbocycles. The number of anilines is 1. The van der Waals surface area contributed by atoms with Crippen LogP contribution in [-0.4, -0.2) is 51.9 Å². The SMILES string of the molecule is CC1CN(Cc2csc(NC(=O)c3cc4c([nH]c3=O)CC(C)(C)CC4=O)n2)CC(C)O1. The number of hydrogen-bond donors (Lipinski definition) is 2. The number of rotatable bonds is 4. The number of nitrogens with zero attached hydrogens (tertiary/aromatic N) is 2. The monoisotopic (exact) mass is 444 g/mol. The van der Waals surface area contributed by atoms with Crippen LogP contribution in [0.25, 0.3) is 0 Å². The molecule has 8 nitrogen and oxygen atoms in total. The number of aromatic amines is 1. The Morgan fingerprint density at radius 2 is 2.00 bits per heavy atom. The van der Waals surface area contributed by atoms with Crippen molar-refractivity contribution in [3.05, 3.63) is 44.3 Å². The lowest BCUT2D eigenvalue weighted by Gasteiger charge is -2.34. The van der Waals surface area contributed by atoms with Gasteiger partial charge in [0.15, 0.2) is 10.9 Å². The summed E-state index contributed by atoms with van der Waals surface area (Å²) in [6.07, 6.45) is 1.33. The van der Waals surface area contributed by atoms with Gasteiger partial charge in [0.05, 0.1) is 17.9 Å². The number of ketones is 1. The fourth-order valence-electron chi connectivity index (χ4n) is 4.44. The quantitative estimate of drug-likeness (QED) is 0.751. The van der Waals surface area contributed by atoms with Gasteiger partial charge in [0.25, 0.3) is 11.5 Å². The number of hydrogen-bond acceptors (Lipinski definition) is 7. The normalized spacial score (nSPS) is 23.4. The number of pyridine rings is 1. The Morgan fingerprint density at radius 1 is 1.29 bits per heavy atom. The maximum Gasteiger partial charge on any atom is 0.263 e. The molecular formula is C22H28N4O4S. The molecule has 3 heterocycles. The number of carbonyl (C=O) groups is 2. The molecule has 2 aromatic heterocycles. The van der Waals surface area contributed by atoms with E-state index in [2.05, 4.69) is 34.0 Å². The molecule has 2 unspecified atom stereocenters. The number of fused-ring (bicyclic) bond motifs is 1. The molecule has 1 saturated heterocycles. The molecule has 2 atom stereocenters. The minimum Gasteiger partial charge on any atom is -0.373 e. The van der Waals surface area contributed by atoms with Gasteiger partial charge in [-0.2, -0.15) is 0 Å². The first-order valence-electron chi connectivity index (χ1n) is 10.5. The number of H-pyrrole nitrogens is 1. The molecule has 2 aromatic rings. The highest BCUT2D eigenvalue weighted by atomic mass is 32.1. The molecule has 2 N–H and O–H groups in total. The molecule has 2 aliphatic rings. The van der Waals surface area contributed by atoms with E-state index in [1.807, 2.05) is 19.2 Å². The summed E-state index contributed by atoms with van der Waals surface area (Å²) in [5, 5.41) is 5.04. The molecule has 1 amide bonds. The van der Waals surface area contributed by atoms with Crippen molar-refractivity contribution >= 4 is 28.2 Å². The zero-order valence-corrected chi connectivity index (χ0v) is 19.1. The minimum absolute atomic E-state index is 0.0537. The summed E-state index contributed by atoms with van der Waals surface area (Å²) < 4.78 is 5.76. The highest BCUT2D eigenvalue weighted by Crippen LogP contribution is 2.33. The molecule has 0 aromatic carbocycles. The van der Waals surface area contributed by atoms with Gasteiger partial charge in [-0.1, -0.05) is 13.8 Å². The molecule has 1 aliphatic carbocycles. The largest absolute Gasteiger partial charge is 0.373 e. The van der Waals surface area contributed by atoms with Crippen LogP contribution in [0.2, 0.25) is 0 Å². The van der Waals surface area contributed by atoms with E-state index in [1.165, 1.54) is 17.4 Å². The van der Waals surface area contributed by atoms with Crippen molar-refractivity contribution < 1.29 is 14.3 Å². The first-order valence-corrected chi connectivity index (χ1v) is 11.4. The molecule has 9 heteroatoms. The average molecular weight is 445 g/mol. The number of amides is 1. The van der Waals surface area contributed by atoms with Crippen LogP contribution in [0, 0.1) is 5.41 Å². The number of carbonyl (C=O) groups excluding carboxylic acids is 2. The lowest BCUT2D eigenvalue weighted by atomic mass is 9.75. The van der Waals surface area contributed by atoms with Crippen molar-refractivity contribution in [2.75, 3.05) is 18.4 Å². The Labute approximate surface area is 185 Å². The predicted octanol–water partition coefficient (Wildman–Crippen LogP) is 2.85. The van der Waals surface area contributed by atoms with E-state index in [0.717, 1.165) is 18.8 Å². The van der Waals surface area contributed by atoms with Crippen molar-refractivity contribution in [3.63, 3.8) is 0 Å². The summed E-state index contributed by atoms with van der Waals surface area (Å²) in [7, 11) is 0. The highest BCUT2D eigenvalue weighted by molar-refractivity contribution is 7.14. The molecule has 4 rings (SSSR count). The smallest absolute Gasteiger partial charge is 0.263 e. The maximum absolute atomic E-state index is 12.7. The Balaban J connectivity index is 1.46. The first kappa shape index (κ1) is 21.9. The van der Waals surface area contributed by atoms with E-state index in [-0.39, 0.29) is 29.0 Å². The third-order valence-corrected chi connectivity index (χ3v) is 6.42. The number of morpholine rings is 1. The molecule has 0 radical (unpaired) electrons. The minimum atomic E-state index is -0.559. The summed E-state index contributed by atoms with van der Waals surface area (Å²) in [4.78, 5) is 47.3. The molecule has 0 spiro atoms. The van der Waals surface area contributed by atoms with E-state index in [4.69, 9.17) is 4.74 Å². The van der Waals surface area contributed by atoms with Gasteiger partial charge in [-0.15, -0.1) is 11.3 Å². The van der Waals surface area contributed by atoms with E-state index in [1.54, 1.807) is 0 Å². The molecule has 31 heavy (non-hydrogen) atoms. The first-order chi connectivity index (χ1) is 14.6. The van der Waals surface area contributed by atoms with Gasteiger partial charge in [-0.3, -0.25) is 24.6 Å². The van der Waals surface area contributed by atoms with Crippen LogP contribution >= 0.6 is 11.3 Å². The molecule has 1 fully saturated rings. The van der Waals surface area contributed by atoms with Crippen molar-refractivity contribution in [1.82, 2.24) is 14.9 Å². The summed E-state index contributed by atoms with van der Waals surface area (Å²) in [5.41, 5.74) is 1.13. The zero-order chi connectivity index (χ0) is 22.3. The van der Waals surface area contributed by atoms with Gasteiger partial charge < -0.3 is 9.72 Å². The van der Waals surface area contributed by atoms with Crippen LogP contribution in [0.3, 0.4) is 0 Å². The highest BCUT2D eigenvalue weighted by Gasteiger charge is 2.32. The zero-order valence-electron chi connectivity index (χ0n) is 18.3. The van der Waals surface area contributed by atoms with Gasteiger partial charge in [0, 0.05) is 42.7 Å². The maximum atomic E-state index is 12.7. The predicted molar refractivity (Wildman–Crippen MR) is 119 cm³/mol. The summed E-state index contributed by atoms with van der Waals surface area (Å²) in [6, 6.07) is 1.42. The summed E-state index contributed by atoms with van der Waals surface area (Å²) in [5.74, 6) is -0.613. The second-order valence-electron chi connectivity index (χ2n) is 9.39. The van der Waals surface area contributed by atoms with Crippen LogP contribution in [-0.2, 0) is 17.7 Å². The summed E-state index contributed by atoms with van der Waals surface area (Å²) >= 11 is 1.32. The number of ether oxygens (including phenoxy) is 1. The van der Waals surface area contributed by atoms with E-state index < -0.39 is 11.5 Å². The molecule has 1 aliphatic heterocycles. The molecule has 166 valence electrons. The average Bonchev–Trinajstić information content (AvgIpc) is 3.05. The van der Waals surface area contributed by atoms with Gasteiger partial charge in [-0.05, 0) is 31.7 Å². The van der Waals surface area contributed by atoms with Crippen LogP contribution in [0.5, 0.6) is 0 Å². The van der Waals surface area contributed by atoms with Crippen molar-refractivity contribution in [2.24, 2.45) is 5.41 Å². The van der Waals surface area contributed by atoms with Crippen LogP contribution < -0.4 is 10.9 Å². The van der Waals surface area contributed by atoms with Crippen LogP contribution in [0.15, 0.2) is 16.2 Å². The summed E-state index contributed by atoms with van der Waals surface area (Å²) in [6.45, 7) is 10.4. The number of nitrogens with one attached hydrogen (secondary N) is 2. The van der Waals surface area contributed by atoms with E-state index >= 15 is 0 Å². The van der Waals surface area contributed by atoms with E-state index in [9.17, 15) is 14.4 Å². The van der Waals surface area contributed by atoms with E-state index in [0.29, 0.717) is 35.8 Å². The second kappa shape index (κ2) is 8.29. The Hall–Kier alpha value is -2.36. The lowest BCUT2D eigenvalue weighted by molar-refractivity contribution is -0.0707. The Morgan fingerprint density at radius 3 is 2.71 bits per heavy atom. The van der Waals surface area contributed by atoms with Crippen LogP contribution in [0.1, 0.15) is 66.2 Å². The number of thiazole rings is 1.